The van der Waals surface area contributed by atoms with Gasteiger partial charge >= 0.3 is 5.97 Å². The maximum atomic E-state index is 11.8. The summed E-state index contributed by atoms with van der Waals surface area (Å²) in [5.74, 6) is -0.504. The molecule has 0 amide bonds. The molecule has 0 bridgehead atoms. The van der Waals surface area contributed by atoms with Gasteiger partial charge in [-0.2, -0.15) is 0 Å². The Morgan fingerprint density at radius 2 is 1.83 bits per heavy atom. The number of carboxylic acids is 1. The summed E-state index contributed by atoms with van der Waals surface area (Å²) in [5.41, 5.74) is 0. The molecular weight excluding hydrogens is 258 g/mol. The van der Waals surface area contributed by atoms with Gasteiger partial charge in [0.05, 0.1) is 17.9 Å². The summed E-state index contributed by atoms with van der Waals surface area (Å²) in [7, 11) is -0.542. The first-order chi connectivity index (χ1) is 8.34. The fraction of sp³-hybridized carbons (Fsp3) is 0.364. The van der Waals surface area contributed by atoms with Crippen LogP contribution in [0, 0.1) is 0 Å². The van der Waals surface area contributed by atoms with Crippen molar-refractivity contribution in [3.8, 4) is 5.75 Å². The molecule has 18 heavy (non-hydrogen) atoms. The summed E-state index contributed by atoms with van der Waals surface area (Å²) in [6.45, 7) is 0.0507. The highest BCUT2D eigenvalue weighted by Gasteiger charge is 2.16. The highest BCUT2D eigenvalue weighted by Crippen LogP contribution is 2.18. The summed E-state index contributed by atoms with van der Waals surface area (Å²) >= 11 is 0. The lowest BCUT2D eigenvalue weighted by Crippen LogP contribution is -2.22. The molecule has 0 saturated carbocycles. The van der Waals surface area contributed by atoms with Crippen LogP contribution in [-0.2, 0) is 14.8 Å². The van der Waals surface area contributed by atoms with E-state index in [-0.39, 0.29) is 17.9 Å². The average molecular weight is 273 g/mol. The average Bonchev–Trinajstić information content (AvgIpc) is 2.29. The standard InChI is InChI=1S/C11H15NO5S/c1-12(2)18(15,16)10-5-3-9(4-6-10)17-8-7-11(13)14/h3-6H,7-8H2,1-2H3,(H,13,14). The van der Waals surface area contributed by atoms with Crippen LogP contribution in [-0.4, -0.2) is 44.5 Å². The zero-order chi connectivity index (χ0) is 13.8. The molecule has 0 unspecified atom stereocenters. The molecule has 0 aliphatic carbocycles. The molecule has 1 aromatic rings. The Bertz CT molecular complexity index is 507. The number of carbonyl (C=O) groups is 1. The van der Waals surface area contributed by atoms with E-state index in [0.717, 1.165) is 4.31 Å². The van der Waals surface area contributed by atoms with Gasteiger partial charge in [0.15, 0.2) is 0 Å². The fourth-order valence-electron chi connectivity index (χ4n) is 1.17. The van der Waals surface area contributed by atoms with Gasteiger partial charge in [0.1, 0.15) is 5.75 Å². The molecule has 7 heteroatoms. The van der Waals surface area contributed by atoms with Crippen LogP contribution in [0.4, 0.5) is 0 Å². The van der Waals surface area contributed by atoms with Crippen molar-refractivity contribution in [3.05, 3.63) is 24.3 Å². The molecule has 0 saturated heterocycles. The van der Waals surface area contributed by atoms with E-state index in [9.17, 15) is 13.2 Å². The lowest BCUT2D eigenvalue weighted by Gasteiger charge is -2.11. The zero-order valence-electron chi connectivity index (χ0n) is 10.2. The van der Waals surface area contributed by atoms with Gasteiger partial charge in [-0.05, 0) is 24.3 Å². The van der Waals surface area contributed by atoms with E-state index >= 15 is 0 Å². The predicted molar refractivity (Wildman–Crippen MR) is 65.1 cm³/mol. The number of hydrogen-bond donors (Lipinski definition) is 1. The number of sulfonamides is 1. The molecule has 0 aliphatic heterocycles. The van der Waals surface area contributed by atoms with Crippen LogP contribution in [0.2, 0.25) is 0 Å². The van der Waals surface area contributed by atoms with Crippen molar-refractivity contribution in [1.29, 1.82) is 0 Å². The van der Waals surface area contributed by atoms with Gasteiger partial charge in [0, 0.05) is 14.1 Å². The van der Waals surface area contributed by atoms with Gasteiger partial charge in [-0.1, -0.05) is 0 Å². The molecule has 100 valence electrons. The van der Waals surface area contributed by atoms with Crippen molar-refractivity contribution in [2.24, 2.45) is 0 Å². The fourth-order valence-corrected chi connectivity index (χ4v) is 2.08. The van der Waals surface area contributed by atoms with Crippen LogP contribution in [0.3, 0.4) is 0 Å². The second kappa shape index (κ2) is 5.83. The first-order valence-corrected chi connectivity index (χ1v) is 6.65. The predicted octanol–water partition coefficient (Wildman–Crippen LogP) is 0.790. The molecule has 1 aromatic carbocycles. The summed E-state index contributed by atoms with van der Waals surface area (Å²) < 4.78 is 29.8. The quantitative estimate of drug-likeness (QED) is 0.828. The minimum atomic E-state index is -3.44. The van der Waals surface area contributed by atoms with Gasteiger partial charge < -0.3 is 9.84 Å². The normalized spacial score (nSPS) is 11.5. The van der Waals surface area contributed by atoms with Crippen LogP contribution < -0.4 is 4.74 Å². The minimum absolute atomic E-state index is 0.0507. The first kappa shape index (κ1) is 14.5. The summed E-state index contributed by atoms with van der Waals surface area (Å²) in [6, 6.07) is 5.84. The van der Waals surface area contributed by atoms with Crippen molar-refractivity contribution in [3.63, 3.8) is 0 Å². The van der Waals surface area contributed by atoms with Gasteiger partial charge in [0.2, 0.25) is 10.0 Å². The maximum absolute atomic E-state index is 11.8. The van der Waals surface area contributed by atoms with Crippen molar-refractivity contribution in [2.45, 2.75) is 11.3 Å². The molecule has 0 heterocycles. The van der Waals surface area contributed by atoms with Crippen LogP contribution in [0.1, 0.15) is 6.42 Å². The van der Waals surface area contributed by atoms with E-state index < -0.39 is 16.0 Å². The highest BCUT2D eigenvalue weighted by molar-refractivity contribution is 7.89. The molecule has 0 aliphatic rings. The van der Waals surface area contributed by atoms with Crippen LogP contribution >= 0.6 is 0 Å². The number of hydrogen-bond acceptors (Lipinski definition) is 4. The lowest BCUT2D eigenvalue weighted by atomic mass is 10.3. The third-order valence-electron chi connectivity index (χ3n) is 2.19. The Morgan fingerprint density at radius 1 is 1.28 bits per heavy atom. The molecule has 0 aromatic heterocycles. The van der Waals surface area contributed by atoms with Crippen LogP contribution in [0.5, 0.6) is 5.75 Å². The lowest BCUT2D eigenvalue weighted by molar-refractivity contribution is -0.137. The topological polar surface area (TPSA) is 83.9 Å². The van der Waals surface area contributed by atoms with E-state index in [0.29, 0.717) is 5.75 Å². The SMILES string of the molecule is CN(C)S(=O)(=O)c1ccc(OCCC(=O)O)cc1. The van der Waals surface area contributed by atoms with Crippen molar-refractivity contribution in [1.82, 2.24) is 4.31 Å². The monoisotopic (exact) mass is 273 g/mol. The number of carboxylic acid groups (broad SMARTS) is 1. The van der Waals surface area contributed by atoms with E-state index in [1.54, 1.807) is 0 Å². The first-order valence-electron chi connectivity index (χ1n) is 5.21. The molecule has 0 atom stereocenters. The number of ether oxygens (including phenoxy) is 1. The number of nitrogens with zero attached hydrogens (tertiary/aromatic N) is 1. The van der Waals surface area contributed by atoms with Crippen molar-refractivity contribution in [2.75, 3.05) is 20.7 Å². The largest absolute Gasteiger partial charge is 0.493 e. The van der Waals surface area contributed by atoms with E-state index in [1.165, 1.54) is 38.4 Å². The molecule has 1 rings (SSSR count). The third-order valence-corrected chi connectivity index (χ3v) is 4.02. The van der Waals surface area contributed by atoms with Gasteiger partial charge in [-0.25, -0.2) is 12.7 Å². The number of benzene rings is 1. The number of aliphatic carboxylic acids is 1. The molecule has 0 radical (unpaired) electrons. The minimum Gasteiger partial charge on any atom is -0.493 e. The van der Waals surface area contributed by atoms with Gasteiger partial charge in [0.25, 0.3) is 0 Å². The van der Waals surface area contributed by atoms with Gasteiger partial charge in [-0.3, -0.25) is 4.79 Å². The Balaban J connectivity index is 2.72. The Morgan fingerprint density at radius 3 is 2.28 bits per heavy atom. The Kier molecular flexibility index (Phi) is 4.69. The van der Waals surface area contributed by atoms with Gasteiger partial charge in [-0.15, -0.1) is 0 Å². The highest BCUT2D eigenvalue weighted by atomic mass is 32.2. The Labute approximate surface area is 106 Å². The maximum Gasteiger partial charge on any atom is 0.306 e. The second-order valence-corrected chi connectivity index (χ2v) is 5.90. The third kappa shape index (κ3) is 3.71. The van der Waals surface area contributed by atoms with E-state index in [1.807, 2.05) is 0 Å². The number of rotatable bonds is 6. The molecule has 0 fully saturated rings. The zero-order valence-corrected chi connectivity index (χ0v) is 11.0. The van der Waals surface area contributed by atoms with Crippen molar-refractivity contribution < 1.29 is 23.1 Å². The molecule has 1 N–H and O–H groups in total. The van der Waals surface area contributed by atoms with Crippen LogP contribution in [0.25, 0.3) is 0 Å². The smallest absolute Gasteiger partial charge is 0.306 e. The van der Waals surface area contributed by atoms with E-state index in [2.05, 4.69) is 0 Å². The van der Waals surface area contributed by atoms with E-state index in [4.69, 9.17) is 9.84 Å². The molecule has 6 nitrogen and oxygen atoms in total. The Hall–Kier alpha value is -1.60. The van der Waals surface area contributed by atoms with Crippen LogP contribution in [0.15, 0.2) is 29.2 Å². The summed E-state index contributed by atoms with van der Waals surface area (Å²) in [6.07, 6.45) is -0.0995. The second-order valence-electron chi connectivity index (χ2n) is 3.75. The summed E-state index contributed by atoms with van der Waals surface area (Å²) in [5, 5.41) is 8.44. The van der Waals surface area contributed by atoms with Crippen molar-refractivity contribution >= 4 is 16.0 Å². The molecular formula is C11H15NO5S. The summed E-state index contributed by atoms with van der Waals surface area (Å²) in [4.78, 5) is 10.5. The molecule has 0 spiro atoms.